The quantitative estimate of drug-likeness (QED) is 0.883. The summed E-state index contributed by atoms with van der Waals surface area (Å²) >= 11 is 7.34. The second kappa shape index (κ2) is 7.11. The number of rotatable bonds is 4. The molecular formula is C13H18ClN3O3S. The van der Waals surface area contributed by atoms with Gasteiger partial charge in [0.25, 0.3) is 0 Å². The predicted molar refractivity (Wildman–Crippen MR) is 81.9 cm³/mol. The van der Waals surface area contributed by atoms with Crippen LogP contribution >= 0.6 is 22.9 Å². The normalized spacial score (nSPS) is 17.5. The van der Waals surface area contributed by atoms with E-state index in [2.05, 4.69) is 5.32 Å². The molecule has 0 aromatic carbocycles. The number of carbonyl (C=O) groups excluding carboxylic acids is 1. The summed E-state index contributed by atoms with van der Waals surface area (Å²) in [6, 6.07) is 3.51. The average Bonchev–Trinajstić information content (AvgIpc) is 2.85. The van der Waals surface area contributed by atoms with Gasteiger partial charge in [0.15, 0.2) is 0 Å². The molecule has 21 heavy (non-hydrogen) atoms. The minimum Gasteiger partial charge on any atom is -0.480 e. The first-order valence-corrected chi connectivity index (χ1v) is 7.90. The summed E-state index contributed by atoms with van der Waals surface area (Å²) in [4.78, 5) is 27.4. The smallest absolute Gasteiger partial charge is 0.317 e. The molecular weight excluding hydrogens is 314 g/mol. The van der Waals surface area contributed by atoms with Gasteiger partial charge in [0.1, 0.15) is 0 Å². The maximum atomic E-state index is 12.2. The van der Waals surface area contributed by atoms with Crippen LogP contribution in [0.15, 0.2) is 12.1 Å². The minimum atomic E-state index is -0.837. The number of aliphatic carboxylic acids is 1. The zero-order valence-electron chi connectivity index (χ0n) is 11.7. The molecule has 1 aliphatic rings. The zero-order chi connectivity index (χ0) is 15.4. The molecule has 2 N–H and O–H groups in total. The fourth-order valence-corrected chi connectivity index (χ4v) is 3.27. The molecule has 2 amide bonds. The van der Waals surface area contributed by atoms with Crippen molar-refractivity contribution < 1.29 is 14.7 Å². The lowest BCUT2D eigenvalue weighted by Gasteiger charge is -2.34. The molecule has 2 heterocycles. The van der Waals surface area contributed by atoms with Crippen LogP contribution < -0.4 is 5.32 Å². The van der Waals surface area contributed by atoms with E-state index in [1.54, 1.807) is 4.90 Å². The van der Waals surface area contributed by atoms with Gasteiger partial charge < -0.3 is 15.3 Å². The van der Waals surface area contributed by atoms with Crippen molar-refractivity contribution in [2.75, 3.05) is 32.7 Å². The summed E-state index contributed by atoms with van der Waals surface area (Å²) in [5.41, 5.74) is 0. The molecule has 0 saturated carbocycles. The SMILES string of the molecule is CC(NC(=O)N1CCN(CC(=O)O)CC1)c1ccc(Cl)s1. The number of hydrogen-bond donors (Lipinski definition) is 2. The molecule has 8 heteroatoms. The average molecular weight is 332 g/mol. The number of halogens is 1. The van der Waals surface area contributed by atoms with Crippen molar-refractivity contribution in [1.29, 1.82) is 0 Å². The van der Waals surface area contributed by atoms with Gasteiger partial charge in [-0.25, -0.2) is 4.79 Å². The summed E-state index contributed by atoms with van der Waals surface area (Å²) in [7, 11) is 0. The number of amides is 2. The van der Waals surface area contributed by atoms with Crippen molar-refractivity contribution in [1.82, 2.24) is 15.1 Å². The van der Waals surface area contributed by atoms with Gasteiger partial charge in [-0.1, -0.05) is 11.6 Å². The molecule has 1 fully saturated rings. The van der Waals surface area contributed by atoms with Crippen LogP contribution in [0.2, 0.25) is 4.34 Å². The summed E-state index contributed by atoms with van der Waals surface area (Å²) in [5.74, 6) is -0.837. The monoisotopic (exact) mass is 331 g/mol. The molecule has 1 unspecified atom stereocenters. The lowest BCUT2D eigenvalue weighted by molar-refractivity contribution is -0.138. The lowest BCUT2D eigenvalue weighted by Crippen LogP contribution is -2.52. The fourth-order valence-electron chi connectivity index (χ4n) is 2.21. The van der Waals surface area contributed by atoms with E-state index in [0.29, 0.717) is 30.5 Å². The van der Waals surface area contributed by atoms with Gasteiger partial charge >= 0.3 is 12.0 Å². The van der Waals surface area contributed by atoms with E-state index >= 15 is 0 Å². The highest BCUT2D eigenvalue weighted by atomic mass is 35.5. The van der Waals surface area contributed by atoms with Crippen molar-refractivity contribution in [3.8, 4) is 0 Å². The molecule has 6 nitrogen and oxygen atoms in total. The number of piperazine rings is 1. The molecule has 1 saturated heterocycles. The Balaban J connectivity index is 1.80. The Morgan fingerprint density at radius 3 is 2.57 bits per heavy atom. The Labute approximate surface area is 132 Å². The van der Waals surface area contributed by atoms with Crippen molar-refractivity contribution in [2.24, 2.45) is 0 Å². The molecule has 2 rings (SSSR count). The Bertz CT molecular complexity index is 515. The molecule has 0 aliphatic carbocycles. The molecule has 116 valence electrons. The number of carboxylic acid groups (broad SMARTS) is 1. The maximum Gasteiger partial charge on any atom is 0.317 e. The number of nitrogens with one attached hydrogen (secondary N) is 1. The van der Waals surface area contributed by atoms with Crippen LogP contribution in [0.5, 0.6) is 0 Å². The second-order valence-corrected chi connectivity index (χ2v) is 6.72. The van der Waals surface area contributed by atoms with Crippen LogP contribution in [0.25, 0.3) is 0 Å². The van der Waals surface area contributed by atoms with Crippen molar-refractivity contribution in [3.05, 3.63) is 21.3 Å². The number of thiophene rings is 1. The van der Waals surface area contributed by atoms with Gasteiger partial charge in [-0.2, -0.15) is 0 Å². The van der Waals surface area contributed by atoms with Crippen LogP contribution in [0.4, 0.5) is 4.79 Å². The highest BCUT2D eigenvalue weighted by Crippen LogP contribution is 2.26. The Morgan fingerprint density at radius 2 is 2.05 bits per heavy atom. The number of hydrogen-bond acceptors (Lipinski definition) is 4. The van der Waals surface area contributed by atoms with Gasteiger partial charge in [0.05, 0.1) is 16.9 Å². The van der Waals surface area contributed by atoms with Crippen molar-refractivity contribution in [3.63, 3.8) is 0 Å². The third kappa shape index (κ3) is 4.59. The summed E-state index contributed by atoms with van der Waals surface area (Å²) in [6.45, 7) is 4.19. The first kappa shape index (κ1) is 16.1. The summed E-state index contributed by atoms with van der Waals surface area (Å²) in [6.07, 6.45) is 0. The molecule has 1 atom stereocenters. The van der Waals surface area contributed by atoms with E-state index in [1.165, 1.54) is 11.3 Å². The van der Waals surface area contributed by atoms with E-state index in [0.717, 1.165) is 4.88 Å². The number of nitrogens with zero attached hydrogens (tertiary/aromatic N) is 2. The van der Waals surface area contributed by atoms with Gasteiger partial charge in [0, 0.05) is 31.1 Å². The number of carbonyl (C=O) groups is 2. The summed E-state index contributed by atoms with van der Waals surface area (Å²) in [5, 5.41) is 11.7. The Morgan fingerprint density at radius 1 is 1.38 bits per heavy atom. The largest absolute Gasteiger partial charge is 0.480 e. The van der Waals surface area contributed by atoms with Gasteiger partial charge in [0.2, 0.25) is 0 Å². The third-order valence-corrected chi connectivity index (χ3v) is 4.79. The standard InChI is InChI=1S/C13H18ClN3O3S/c1-9(10-2-3-11(14)21-10)15-13(20)17-6-4-16(5-7-17)8-12(18)19/h2-3,9H,4-8H2,1H3,(H,15,20)(H,18,19). The number of carboxylic acids is 1. The van der Waals surface area contributed by atoms with E-state index in [9.17, 15) is 9.59 Å². The third-order valence-electron chi connectivity index (χ3n) is 3.38. The highest BCUT2D eigenvalue weighted by molar-refractivity contribution is 7.16. The second-order valence-electron chi connectivity index (χ2n) is 4.97. The Kier molecular flexibility index (Phi) is 5.44. The van der Waals surface area contributed by atoms with E-state index in [1.807, 2.05) is 24.0 Å². The van der Waals surface area contributed by atoms with E-state index in [-0.39, 0.29) is 18.6 Å². The van der Waals surface area contributed by atoms with E-state index in [4.69, 9.17) is 16.7 Å². The molecule has 1 aromatic rings. The van der Waals surface area contributed by atoms with E-state index < -0.39 is 5.97 Å². The first-order valence-electron chi connectivity index (χ1n) is 6.70. The summed E-state index contributed by atoms with van der Waals surface area (Å²) < 4.78 is 0.702. The molecule has 0 bridgehead atoms. The zero-order valence-corrected chi connectivity index (χ0v) is 13.3. The molecule has 0 radical (unpaired) electrons. The maximum absolute atomic E-state index is 12.2. The molecule has 1 aliphatic heterocycles. The predicted octanol–water partition coefficient (Wildman–Crippen LogP) is 1.87. The van der Waals surface area contributed by atoms with Crippen LogP contribution in [-0.4, -0.2) is 59.6 Å². The van der Waals surface area contributed by atoms with Crippen LogP contribution in [0.3, 0.4) is 0 Å². The van der Waals surface area contributed by atoms with Gasteiger partial charge in [-0.05, 0) is 19.1 Å². The topological polar surface area (TPSA) is 72.9 Å². The van der Waals surface area contributed by atoms with Gasteiger partial charge in [-0.15, -0.1) is 11.3 Å². The first-order chi connectivity index (χ1) is 9.95. The molecule has 0 spiro atoms. The van der Waals surface area contributed by atoms with Crippen molar-refractivity contribution >= 4 is 34.9 Å². The highest BCUT2D eigenvalue weighted by Gasteiger charge is 2.23. The minimum absolute atomic E-state index is 0.0273. The molecule has 1 aromatic heterocycles. The van der Waals surface area contributed by atoms with Crippen LogP contribution in [-0.2, 0) is 4.79 Å². The Hall–Kier alpha value is -1.31. The van der Waals surface area contributed by atoms with Crippen molar-refractivity contribution in [2.45, 2.75) is 13.0 Å². The number of urea groups is 1. The lowest BCUT2D eigenvalue weighted by atomic mass is 10.2. The van der Waals surface area contributed by atoms with Crippen LogP contribution in [0.1, 0.15) is 17.8 Å². The van der Waals surface area contributed by atoms with Crippen LogP contribution in [0, 0.1) is 0 Å². The fraction of sp³-hybridized carbons (Fsp3) is 0.538. The van der Waals surface area contributed by atoms with Gasteiger partial charge in [-0.3, -0.25) is 9.69 Å².